The summed E-state index contributed by atoms with van der Waals surface area (Å²) in [5, 5.41) is 1.15. The van der Waals surface area contributed by atoms with Crippen LogP contribution in [0, 0.1) is 6.92 Å². The van der Waals surface area contributed by atoms with E-state index in [0.29, 0.717) is 0 Å². The third-order valence-corrected chi connectivity index (χ3v) is 6.74. The van der Waals surface area contributed by atoms with Crippen molar-refractivity contribution in [2.45, 2.75) is 38.0 Å². The predicted molar refractivity (Wildman–Crippen MR) is 121 cm³/mol. The number of nitrogens with zero attached hydrogens (tertiary/aromatic N) is 5. The van der Waals surface area contributed by atoms with Gasteiger partial charge >= 0.3 is 0 Å². The fourth-order valence-corrected chi connectivity index (χ4v) is 5.17. The molecule has 6 heteroatoms. The average molecular weight is 404 g/mol. The van der Waals surface area contributed by atoms with E-state index in [2.05, 4.69) is 28.9 Å². The maximum atomic E-state index is 5.60. The van der Waals surface area contributed by atoms with Crippen molar-refractivity contribution in [3.63, 3.8) is 0 Å². The minimum atomic E-state index is 0.0899. The first-order chi connectivity index (χ1) is 14.5. The first kappa shape index (κ1) is 19.1. The molecule has 2 aliphatic rings. The Hall–Kier alpha value is -2.89. The number of para-hydroxylation sites is 1. The monoisotopic (exact) mass is 403 g/mol. The molecule has 0 N–H and O–H groups in total. The Morgan fingerprint density at radius 1 is 1.17 bits per heavy atom. The van der Waals surface area contributed by atoms with Gasteiger partial charge in [0.25, 0.3) is 0 Å². The Bertz CT molecular complexity index is 1110. The van der Waals surface area contributed by atoms with Crippen molar-refractivity contribution in [2.75, 3.05) is 44.1 Å². The molecule has 1 aromatic carbocycles. The lowest BCUT2D eigenvalue weighted by molar-refractivity contribution is 0.333. The minimum Gasteiger partial charge on any atom is -0.494 e. The van der Waals surface area contributed by atoms with Gasteiger partial charge in [-0.05, 0) is 55.9 Å². The molecule has 156 valence electrons. The van der Waals surface area contributed by atoms with Crippen molar-refractivity contribution in [1.82, 2.24) is 15.0 Å². The highest BCUT2D eigenvalue weighted by Gasteiger charge is 2.44. The molecule has 5 rings (SSSR count). The molecular formula is C24H29N5O. The Kier molecular flexibility index (Phi) is 4.53. The topological polar surface area (TPSA) is 54.4 Å². The van der Waals surface area contributed by atoms with Crippen LogP contribution in [-0.4, -0.2) is 49.2 Å². The van der Waals surface area contributed by atoms with E-state index in [4.69, 9.17) is 14.7 Å². The number of pyridine rings is 1. The lowest BCUT2D eigenvalue weighted by atomic mass is 9.77. The van der Waals surface area contributed by atoms with E-state index in [1.165, 1.54) is 23.2 Å². The summed E-state index contributed by atoms with van der Waals surface area (Å²) in [6.45, 7) is 4.14. The molecule has 30 heavy (non-hydrogen) atoms. The highest BCUT2D eigenvalue weighted by Crippen LogP contribution is 2.45. The molecule has 1 aliphatic carbocycles. The number of benzene rings is 1. The van der Waals surface area contributed by atoms with Gasteiger partial charge in [-0.15, -0.1) is 0 Å². The molecular weight excluding hydrogens is 374 g/mol. The van der Waals surface area contributed by atoms with Crippen LogP contribution in [0.2, 0.25) is 0 Å². The highest BCUT2D eigenvalue weighted by atomic mass is 16.5. The van der Waals surface area contributed by atoms with Gasteiger partial charge in [-0.3, -0.25) is 0 Å². The van der Waals surface area contributed by atoms with Crippen LogP contribution >= 0.6 is 0 Å². The molecule has 0 radical (unpaired) electrons. The number of ether oxygens (including phenoxy) is 1. The van der Waals surface area contributed by atoms with Gasteiger partial charge in [0.15, 0.2) is 0 Å². The molecule has 0 saturated carbocycles. The Morgan fingerprint density at radius 2 is 2.03 bits per heavy atom. The number of anilines is 2. The Labute approximate surface area is 177 Å². The normalized spacial score (nSPS) is 20.6. The largest absolute Gasteiger partial charge is 0.494 e. The number of hydrogen-bond donors (Lipinski definition) is 0. The van der Waals surface area contributed by atoms with Crippen molar-refractivity contribution in [3.05, 3.63) is 47.3 Å². The van der Waals surface area contributed by atoms with Crippen LogP contribution in [0.1, 0.15) is 36.1 Å². The molecule has 1 fully saturated rings. The number of methoxy groups -OCH3 is 1. The van der Waals surface area contributed by atoms with Gasteiger partial charge in [-0.1, -0.05) is 12.1 Å². The number of aryl methyl sites for hydroxylation is 2. The second-order valence-corrected chi connectivity index (χ2v) is 8.90. The van der Waals surface area contributed by atoms with E-state index in [1.54, 1.807) is 7.11 Å². The number of hydrogen-bond acceptors (Lipinski definition) is 6. The van der Waals surface area contributed by atoms with Crippen molar-refractivity contribution >= 4 is 22.7 Å². The smallest absolute Gasteiger partial charge is 0.225 e. The van der Waals surface area contributed by atoms with Crippen molar-refractivity contribution < 1.29 is 4.74 Å². The van der Waals surface area contributed by atoms with E-state index < -0.39 is 0 Å². The molecule has 2 aromatic heterocycles. The predicted octanol–water partition coefficient (Wildman–Crippen LogP) is 3.89. The summed E-state index contributed by atoms with van der Waals surface area (Å²) in [5.74, 6) is 2.68. The van der Waals surface area contributed by atoms with E-state index in [0.717, 1.165) is 60.8 Å². The van der Waals surface area contributed by atoms with Crippen LogP contribution in [-0.2, 0) is 11.8 Å². The first-order valence-electron chi connectivity index (χ1n) is 10.7. The fraction of sp³-hybridized carbons (Fsp3) is 0.458. The van der Waals surface area contributed by atoms with Gasteiger partial charge in [0, 0.05) is 44.2 Å². The quantitative estimate of drug-likeness (QED) is 0.661. The van der Waals surface area contributed by atoms with E-state index in [-0.39, 0.29) is 5.41 Å². The van der Waals surface area contributed by atoms with Crippen LogP contribution in [0.3, 0.4) is 0 Å². The maximum Gasteiger partial charge on any atom is 0.225 e. The molecule has 1 aliphatic heterocycles. The van der Waals surface area contributed by atoms with Crippen LogP contribution < -0.4 is 14.5 Å². The van der Waals surface area contributed by atoms with Gasteiger partial charge in [0.05, 0.1) is 12.8 Å². The summed E-state index contributed by atoms with van der Waals surface area (Å²) in [6.07, 6.45) is 6.56. The summed E-state index contributed by atoms with van der Waals surface area (Å²) in [7, 11) is 5.73. The van der Waals surface area contributed by atoms with E-state index in [9.17, 15) is 0 Å². The SMILES string of the molecule is COc1cccc2c(C)cc(N3CCCC4(CCc5cnc(N(C)C)nc54)C3)nc12. The van der Waals surface area contributed by atoms with E-state index in [1.807, 2.05) is 37.3 Å². The summed E-state index contributed by atoms with van der Waals surface area (Å²) < 4.78 is 5.60. The maximum absolute atomic E-state index is 5.60. The summed E-state index contributed by atoms with van der Waals surface area (Å²) in [5.41, 5.74) is 4.83. The number of piperidine rings is 1. The molecule has 1 spiro atoms. The molecule has 0 amide bonds. The number of rotatable bonds is 3. The standard InChI is InChI=1S/C24H29N5O/c1-16-13-20(26-21-18(16)7-5-8-19(21)30-4)29-12-6-10-24(15-29)11-9-17-14-25-23(28(2)3)27-22(17)24/h5,7-8,13-14H,6,9-12,15H2,1-4H3. The second kappa shape index (κ2) is 7.11. The van der Waals surface area contributed by atoms with Gasteiger partial charge < -0.3 is 14.5 Å². The second-order valence-electron chi connectivity index (χ2n) is 8.90. The van der Waals surface area contributed by atoms with Gasteiger partial charge in [-0.25, -0.2) is 15.0 Å². The minimum absolute atomic E-state index is 0.0899. The van der Waals surface area contributed by atoms with Crippen molar-refractivity contribution in [3.8, 4) is 5.75 Å². The first-order valence-corrected chi connectivity index (χ1v) is 10.7. The van der Waals surface area contributed by atoms with Gasteiger partial charge in [0.1, 0.15) is 17.1 Å². The zero-order valence-electron chi connectivity index (χ0n) is 18.3. The summed E-state index contributed by atoms with van der Waals surface area (Å²) in [4.78, 5) is 19.0. The average Bonchev–Trinajstić information content (AvgIpc) is 3.10. The molecule has 1 atom stereocenters. The number of fused-ring (bicyclic) bond motifs is 3. The van der Waals surface area contributed by atoms with Crippen LogP contribution in [0.25, 0.3) is 10.9 Å². The van der Waals surface area contributed by atoms with Gasteiger partial charge in [0.2, 0.25) is 5.95 Å². The lowest BCUT2D eigenvalue weighted by Gasteiger charge is -2.41. The van der Waals surface area contributed by atoms with Crippen LogP contribution in [0.15, 0.2) is 30.5 Å². The Morgan fingerprint density at radius 3 is 2.83 bits per heavy atom. The third kappa shape index (κ3) is 2.97. The van der Waals surface area contributed by atoms with Crippen LogP contribution in [0.4, 0.5) is 11.8 Å². The summed E-state index contributed by atoms with van der Waals surface area (Å²) >= 11 is 0. The summed E-state index contributed by atoms with van der Waals surface area (Å²) in [6, 6.07) is 8.36. The molecule has 6 nitrogen and oxygen atoms in total. The number of aromatic nitrogens is 3. The fourth-order valence-electron chi connectivity index (χ4n) is 5.17. The van der Waals surface area contributed by atoms with E-state index >= 15 is 0 Å². The third-order valence-electron chi connectivity index (χ3n) is 6.74. The highest BCUT2D eigenvalue weighted by molar-refractivity contribution is 5.89. The lowest BCUT2D eigenvalue weighted by Crippen LogP contribution is -2.46. The molecule has 1 unspecified atom stereocenters. The molecule has 3 aromatic rings. The molecule has 1 saturated heterocycles. The Balaban J connectivity index is 1.54. The van der Waals surface area contributed by atoms with Crippen molar-refractivity contribution in [1.29, 1.82) is 0 Å². The van der Waals surface area contributed by atoms with Gasteiger partial charge in [-0.2, -0.15) is 0 Å². The molecule has 3 heterocycles. The van der Waals surface area contributed by atoms with Crippen LogP contribution in [0.5, 0.6) is 5.75 Å². The zero-order chi connectivity index (χ0) is 20.9. The molecule has 0 bridgehead atoms. The zero-order valence-corrected chi connectivity index (χ0v) is 18.3. The van der Waals surface area contributed by atoms with Crippen molar-refractivity contribution in [2.24, 2.45) is 0 Å².